The van der Waals surface area contributed by atoms with Gasteiger partial charge in [-0.25, -0.2) is 0 Å². The van der Waals surface area contributed by atoms with Gasteiger partial charge >= 0.3 is 5.97 Å². The van der Waals surface area contributed by atoms with Crippen LogP contribution in [-0.4, -0.2) is 29.6 Å². The third-order valence-electron chi connectivity index (χ3n) is 2.85. The van der Waals surface area contributed by atoms with Crippen molar-refractivity contribution in [1.29, 1.82) is 0 Å². The van der Waals surface area contributed by atoms with E-state index in [2.05, 4.69) is 17.2 Å². The Morgan fingerprint density at radius 2 is 2.10 bits per heavy atom. The second-order valence-electron chi connectivity index (χ2n) is 4.66. The van der Waals surface area contributed by atoms with E-state index in [-0.39, 0.29) is 12.3 Å². The maximum absolute atomic E-state index is 11.9. The topological polar surface area (TPSA) is 78.4 Å². The number of carbonyl (C=O) groups excluding carboxylic acids is 1. The van der Waals surface area contributed by atoms with E-state index in [4.69, 9.17) is 5.11 Å². The highest BCUT2D eigenvalue weighted by atomic mass is 16.4. The number of rotatable bonds is 7. The van der Waals surface area contributed by atoms with E-state index in [0.29, 0.717) is 12.2 Å². The fourth-order valence-electron chi connectivity index (χ4n) is 1.81. The standard InChI is InChI=1S/C15H20N2O3/c1-4-7-16-13(15(19)20)9-14(18)17-12-6-5-10(2)8-11(12)3/h4-6,8,13,16H,1,7,9H2,2-3H3,(H,17,18)(H,19,20). The summed E-state index contributed by atoms with van der Waals surface area (Å²) in [5.74, 6) is -1.39. The number of carboxylic acid groups (broad SMARTS) is 1. The van der Waals surface area contributed by atoms with Crippen molar-refractivity contribution in [3.05, 3.63) is 42.0 Å². The highest BCUT2D eigenvalue weighted by molar-refractivity contribution is 5.94. The molecule has 20 heavy (non-hydrogen) atoms. The SMILES string of the molecule is C=CCNC(CC(=O)Nc1ccc(C)cc1C)C(=O)O. The summed E-state index contributed by atoms with van der Waals surface area (Å²) < 4.78 is 0. The zero-order valence-electron chi connectivity index (χ0n) is 11.8. The fraction of sp³-hybridized carbons (Fsp3) is 0.333. The summed E-state index contributed by atoms with van der Waals surface area (Å²) in [4.78, 5) is 22.9. The minimum Gasteiger partial charge on any atom is -0.480 e. The molecule has 1 aromatic rings. The predicted molar refractivity (Wildman–Crippen MR) is 78.8 cm³/mol. The van der Waals surface area contributed by atoms with E-state index in [1.165, 1.54) is 0 Å². The number of amides is 1. The Kier molecular flexibility index (Phi) is 5.93. The molecule has 0 aromatic heterocycles. The summed E-state index contributed by atoms with van der Waals surface area (Å²) in [6.07, 6.45) is 1.43. The largest absolute Gasteiger partial charge is 0.480 e. The molecule has 0 aliphatic rings. The number of nitrogens with one attached hydrogen (secondary N) is 2. The first-order valence-electron chi connectivity index (χ1n) is 6.38. The van der Waals surface area contributed by atoms with Crippen molar-refractivity contribution in [1.82, 2.24) is 5.32 Å². The summed E-state index contributed by atoms with van der Waals surface area (Å²) in [5.41, 5.74) is 2.76. The van der Waals surface area contributed by atoms with E-state index in [0.717, 1.165) is 11.1 Å². The summed E-state index contributed by atoms with van der Waals surface area (Å²) in [6.45, 7) is 7.71. The molecular formula is C15H20N2O3. The van der Waals surface area contributed by atoms with Gasteiger partial charge in [-0.2, -0.15) is 0 Å². The lowest BCUT2D eigenvalue weighted by molar-refractivity contribution is -0.140. The van der Waals surface area contributed by atoms with Crippen LogP contribution in [0.4, 0.5) is 5.69 Å². The molecule has 0 heterocycles. The van der Waals surface area contributed by atoms with Gasteiger partial charge in [-0.15, -0.1) is 6.58 Å². The molecule has 0 saturated carbocycles. The van der Waals surface area contributed by atoms with Crippen LogP contribution in [0.3, 0.4) is 0 Å². The van der Waals surface area contributed by atoms with Crippen LogP contribution in [0.15, 0.2) is 30.9 Å². The highest BCUT2D eigenvalue weighted by Crippen LogP contribution is 2.16. The lowest BCUT2D eigenvalue weighted by atomic mass is 10.1. The molecule has 0 aliphatic carbocycles. The van der Waals surface area contributed by atoms with E-state index in [1.807, 2.05) is 32.0 Å². The number of anilines is 1. The second-order valence-corrected chi connectivity index (χ2v) is 4.66. The van der Waals surface area contributed by atoms with Crippen molar-refractivity contribution in [2.45, 2.75) is 26.3 Å². The van der Waals surface area contributed by atoms with Crippen molar-refractivity contribution < 1.29 is 14.7 Å². The summed E-state index contributed by atoms with van der Waals surface area (Å²) in [5, 5.41) is 14.5. The maximum atomic E-state index is 11.9. The van der Waals surface area contributed by atoms with Gasteiger partial charge in [0.05, 0.1) is 6.42 Å². The average Bonchev–Trinajstić information content (AvgIpc) is 2.37. The molecule has 1 amide bonds. The Hall–Kier alpha value is -2.14. The highest BCUT2D eigenvalue weighted by Gasteiger charge is 2.20. The second kappa shape index (κ2) is 7.45. The Balaban J connectivity index is 2.65. The van der Waals surface area contributed by atoms with Gasteiger partial charge in [-0.05, 0) is 25.5 Å². The molecule has 0 spiro atoms. The van der Waals surface area contributed by atoms with Crippen LogP contribution >= 0.6 is 0 Å². The minimum absolute atomic E-state index is 0.128. The minimum atomic E-state index is -1.05. The molecule has 5 nitrogen and oxygen atoms in total. The monoisotopic (exact) mass is 276 g/mol. The number of hydrogen-bond donors (Lipinski definition) is 3. The van der Waals surface area contributed by atoms with Crippen LogP contribution in [0.1, 0.15) is 17.5 Å². The number of hydrogen-bond acceptors (Lipinski definition) is 3. The average molecular weight is 276 g/mol. The predicted octanol–water partition coefficient (Wildman–Crippen LogP) is 1.86. The molecular weight excluding hydrogens is 256 g/mol. The summed E-state index contributed by atoms with van der Waals surface area (Å²) in [6, 6.07) is 4.75. The zero-order valence-corrected chi connectivity index (χ0v) is 11.8. The van der Waals surface area contributed by atoms with Gasteiger partial charge in [0.1, 0.15) is 6.04 Å². The molecule has 0 saturated heterocycles. The van der Waals surface area contributed by atoms with Crippen molar-refractivity contribution in [2.24, 2.45) is 0 Å². The zero-order chi connectivity index (χ0) is 15.1. The molecule has 3 N–H and O–H groups in total. The summed E-state index contributed by atoms with van der Waals surface area (Å²) in [7, 11) is 0. The first kappa shape index (κ1) is 15.9. The molecule has 0 aliphatic heterocycles. The van der Waals surface area contributed by atoms with Crippen LogP contribution in [0.2, 0.25) is 0 Å². The lowest BCUT2D eigenvalue weighted by Crippen LogP contribution is -2.39. The molecule has 1 atom stereocenters. The Morgan fingerprint density at radius 3 is 2.65 bits per heavy atom. The fourth-order valence-corrected chi connectivity index (χ4v) is 1.81. The van der Waals surface area contributed by atoms with E-state index >= 15 is 0 Å². The number of aliphatic carboxylic acids is 1. The van der Waals surface area contributed by atoms with E-state index in [1.54, 1.807) is 6.08 Å². The molecule has 0 fully saturated rings. The smallest absolute Gasteiger partial charge is 0.321 e. The molecule has 1 rings (SSSR count). The van der Waals surface area contributed by atoms with Crippen molar-refractivity contribution >= 4 is 17.6 Å². The molecule has 1 unspecified atom stereocenters. The summed E-state index contributed by atoms with van der Waals surface area (Å²) >= 11 is 0. The van der Waals surface area contributed by atoms with E-state index in [9.17, 15) is 9.59 Å². The van der Waals surface area contributed by atoms with Gasteiger partial charge in [0.25, 0.3) is 0 Å². The Bertz CT molecular complexity index is 512. The first-order chi connectivity index (χ1) is 9.43. The van der Waals surface area contributed by atoms with Crippen LogP contribution in [0.5, 0.6) is 0 Å². The molecule has 5 heteroatoms. The lowest BCUT2D eigenvalue weighted by Gasteiger charge is -2.14. The molecule has 108 valence electrons. The quantitative estimate of drug-likeness (QED) is 0.664. The van der Waals surface area contributed by atoms with Gasteiger partial charge in [-0.1, -0.05) is 23.8 Å². The van der Waals surface area contributed by atoms with Crippen LogP contribution in [-0.2, 0) is 9.59 Å². The molecule has 0 bridgehead atoms. The van der Waals surface area contributed by atoms with Crippen LogP contribution < -0.4 is 10.6 Å². The van der Waals surface area contributed by atoms with Gasteiger partial charge in [0.15, 0.2) is 0 Å². The molecule has 0 radical (unpaired) electrons. The van der Waals surface area contributed by atoms with Gasteiger partial charge in [-0.3, -0.25) is 9.59 Å². The Labute approximate surface area is 118 Å². The third-order valence-corrected chi connectivity index (χ3v) is 2.85. The van der Waals surface area contributed by atoms with Gasteiger partial charge < -0.3 is 15.7 Å². The first-order valence-corrected chi connectivity index (χ1v) is 6.38. The maximum Gasteiger partial charge on any atom is 0.321 e. The number of carboxylic acids is 1. The van der Waals surface area contributed by atoms with Crippen molar-refractivity contribution in [3.63, 3.8) is 0 Å². The Morgan fingerprint density at radius 1 is 1.40 bits per heavy atom. The normalized spacial score (nSPS) is 11.7. The van der Waals surface area contributed by atoms with Crippen LogP contribution in [0.25, 0.3) is 0 Å². The number of aryl methyl sites for hydroxylation is 2. The number of carbonyl (C=O) groups is 2. The number of benzene rings is 1. The van der Waals surface area contributed by atoms with Gasteiger partial charge in [0, 0.05) is 12.2 Å². The van der Waals surface area contributed by atoms with Gasteiger partial charge in [0.2, 0.25) is 5.91 Å². The van der Waals surface area contributed by atoms with E-state index < -0.39 is 12.0 Å². The molecule has 1 aromatic carbocycles. The third kappa shape index (κ3) is 4.85. The van der Waals surface area contributed by atoms with Crippen molar-refractivity contribution in [2.75, 3.05) is 11.9 Å². The van der Waals surface area contributed by atoms with Crippen molar-refractivity contribution in [3.8, 4) is 0 Å². The van der Waals surface area contributed by atoms with Crippen LogP contribution in [0, 0.1) is 13.8 Å².